The molecule has 1 fully saturated rings. The molecule has 1 atom stereocenters. The summed E-state index contributed by atoms with van der Waals surface area (Å²) >= 11 is 0.961. The summed E-state index contributed by atoms with van der Waals surface area (Å²) in [5, 5.41) is 11.6. The number of Topliss-reactive ketones (excluding diaryl/α,β-unsaturated/α-hetero) is 1. The van der Waals surface area contributed by atoms with E-state index in [-0.39, 0.29) is 21.3 Å². The number of amides is 1. The second-order valence-electron chi connectivity index (χ2n) is 8.81. The minimum Gasteiger partial charge on any atom is -0.507 e. The van der Waals surface area contributed by atoms with Crippen LogP contribution in [0.2, 0.25) is 0 Å². The number of rotatable bonds is 7. The van der Waals surface area contributed by atoms with Crippen LogP contribution in [0.15, 0.2) is 48.0 Å². The molecule has 1 unspecified atom stereocenters. The maximum Gasteiger partial charge on any atom is 0.350 e. The van der Waals surface area contributed by atoms with Crippen molar-refractivity contribution in [1.29, 1.82) is 0 Å². The van der Waals surface area contributed by atoms with Gasteiger partial charge < -0.3 is 14.6 Å². The van der Waals surface area contributed by atoms with Crippen molar-refractivity contribution in [3.8, 4) is 5.75 Å². The molecule has 0 spiro atoms. The van der Waals surface area contributed by atoms with Crippen molar-refractivity contribution in [1.82, 2.24) is 4.98 Å². The zero-order chi connectivity index (χ0) is 26.9. The Morgan fingerprint density at radius 2 is 1.81 bits per heavy atom. The fraction of sp³-hybridized carbons (Fsp3) is 0.286. The van der Waals surface area contributed by atoms with E-state index in [1.54, 1.807) is 37.3 Å². The highest BCUT2D eigenvalue weighted by atomic mass is 32.1. The molecule has 1 aromatic heterocycles. The number of aromatic nitrogens is 1. The van der Waals surface area contributed by atoms with Crippen LogP contribution < -0.4 is 9.64 Å². The van der Waals surface area contributed by atoms with Crippen LogP contribution >= 0.6 is 11.3 Å². The molecule has 1 N–H and O–H groups in total. The molecule has 2 heterocycles. The van der Waals surface area contributed by atoms with Crippen LogP contribution in [-0.2, 0) is 14.3 Å². The second kappa shape index (κ2) is 10.6. The van der Waals surface area contributed by atoms with Crippen LogP contribution in [0.1, 0.15) is 57.0 Å². The third-order valence-electron chi connectivity index (χ3n) is 6.12. The number of ketones is 1. The normalized spacial score (nSPS) is 16.8. The first-order valence-electron chi connectivity index (χ1n) is 11.8. The summed E-state index contributed by atoms with van der Waals surface area (Å²) in [6, 6.07) is 11.6. The first kappa shape index (κ1) is 26.1. The summed E-state index contributed by atoms with van der Waals surface area (Å²) in [4.78, 5) is 45.0. The Morgan fingerprint density at radius 1 is 1.11 bits per heavy atom. The number of benzene rings is 2. The summed E-state index contributed by atoms with van der Waals surface area (Å²) in [6.45, 7) is 7.90. The van der Waals surface area contributed by atoms with Gasteiger partial charge in [-0.15, -0.1) is 0 Å². The molecule has 1 aliphatic heterocycles. The van der Waals surface area contributed by atoms with Crippen molar-refractivity contribution in [3.63, 3.8) is 0 Å². The van der Waals surface area contributed by atoms with E-state index in [0.29, 0.717) is 29.2 Å². The highest BCUT2D eigenvalue weighted by Crippen LogP contribution is 2.44. The zero-order valence-electron chi connectivity index (χ0n) is 21.3. The lowest BCUT2D eigenvalue weighted by molar-refractivity contribution is -0.132. The van der Waals surface area contributed by atoms with E-state index in [4.69, 9.17) is 9.47 Å². The van der Waals surface area contributed by atoms with E-state index in [1.807, 2.05) is 32.9 Å². The Kier molecular flexibility index (Phi) is 7.45. The Hall–Kier alpha value is -3.98. The number of esters is 1. The molecule has 1 aliphatic rings. The first-order valence-corrected chi connectivity index (χ1v) is 12.7. The van der Waals surface area contributed by atoms with Gasteiger partial charge in [0.2, 0.25) is 0 Å². The number of aliphatic hydroxyl groups is 1. The molecule has 2 aromatic carbocycles. The van der Waals surface area contributed by atoms with Gasteiger partial charge in [0.05, 0.1) is 31.0 Å². The second-order valence-corrected chi connectivity index (χ2v) is 9.79. The third-order valence-corrected chi connectivity index (χ3v) is 7.26. The minimum absolute atomic E-state index is 0.0478. The van der Waals surface area contributed by atoms with E-state index in [1.165, 1.54) is 12.0 Å². The van der Waals surface area contributed by atoms with Gasteiger partial charge in [0.25, 0.3) is 5.78 Å². The molecule has 3 aromatic rings. The summed E-state index contributed by atoms with van der Waals surface area (Å²) in [5.74, 6) is -1.87. The van der Waals surface area contributed by atoms with Gasteiger partial charge in [-0.3, -0.25) is 14.5 Å². The highest BCUT2D eigenvalue weighted by Gasteiger charge is 2.48. The number of anilines is 1. The molecule has 0 saturated carbocycles. The third kappa shape index (κ3) is 4.86. The Morgan fingerprint density at radius 3 is 2.46 bits per heavy atom. The number of aliphatic hydroxyl groups excluding tert-OH is 1. The smallest absolute Gasteiger partial charge is 0.350 e. The first-order chi connectivity index (χ1) is 17.7. The van der Waals surface area contributed by atoms with Crippen LogP contribution in [0.25, 0.3) is 5.76 Å². The van der Waals surface area contributed by atoms with E-state index in [9.17, 15) is 19.5 Å². The molecule has 8 nitrogen and oxygen atoms in total. The minimum atomic E-state index is -0.962. The van der Waals surface area contributed by atoms with Crippen LogP contribution in [0.4, 0.5) is 5.13 Å². The van der Waals surface area contributed by atoms with E-state index in [0.717, 1.165) is 28.9 Å². The van der Waals surface area contributed by atoms with Gasteiger partial charge in [-0.05, 0) is 56.5 Å². The summed E-state index contributed by atoms with van der Waals surface area (Å²) < 4.78 is 10.5. The summed E-state index contributed by atoms with van der Waals surface area (Å²) in [5.41, 5.74) is 3.04. The Labute approximate surface area is 219 Å². The van der Waals surface area contributed by atoms with Crippen molar-refractivity contribution < 1.29 is 29.0 Å². The number of thiazole rings is 1. The molecular formula is C28H28N2O6S. The van der Waals surface area contributed by atoms with Crippen molar-refractivity contribution in [2.75, 3.05) is 18.6 Å². The summed E-state index contributed by atoms with van der Waals surface area (Å²) in [7, 11) is 1.26. The lowest BCUT2D eigenvalue weighted by atomic mass is 9.93. The lowest BCUT2D eigenvalue weighted by Crippen LogP contribution is -2.29. The number of ether oxygens (including phenoxy) is 2. The molecule has 1 amide bonds. The Balaban J connectivity index is 1.92. The number of nitrogens with zero attached hydrogens (tertiary/aromatic N) is 2. The maximum atomic E-state index is 13.4. The lowest BCUT2D eigenvalue weighted by Gasteiger charge is -2.23. The van der Waals surface area contributed by atoms with Crippen LogP contribution in [-0.4, -0.2) is 41.5 Å². The number of hydrogen-bond donors (Lipinski definition) is 1. The predicted octanol–water partition coefficient (Wildman–Crippen LogP) is 5.27. The number of carbonyl (C=O) groups is 3. The standard InChI is InChI=1S/C28H28N2O6S/c1-6-13-36-19-11-9-18(10-12-19)22-21(23(31)20-14-15(2)7-8-16(20)3)24(32)26(33)30(22)28-29-17(4)25(37-28)27(34)35-5/h7-12,14,22,31H,6,13H2,1-5H3. The van der Waals surface area contributed by atoms with Crippen molar-refractivity contribution in [3.05, 3.63) is 80.9 Å². The molecule has 1 saturated heterocycles. The van der Waals surface area contributed by atoms with Gasteiger partial charge >= 0.3 is 11.9 Å². The maximum absolute atomic E-state index is 13.4. The molecular weight excluding hydrogens is 492 g/mol. The van der Waals surface area contributed by atoms with Crippen molar-refractivity contribution in [2.45, 2.75) is 40.2 Å². The largest absolute Gasteiger partial charge is 0.507 e. The average molecular weight is 521 g/mol. The summed E-state index contributed by atoms with van der Waals surface area (Å²) in [6.07, 6.45) is 0.851. The fourth-order valence-electron chi connectivity index (χ4n) is 4.21. The zero-order valence-corrected chi connectivity index (χ0v) is 22.1. The quantitative estimate of drug-likeness (QED) is 0.196. The molecule has 9 heteroatoms. The molecule has 0 aliphatic carbocycles. The van der Waals surface area contributed by atoms with Gasteiger partial charge in [0.15, 0.2) is 5.13 Å². The number of methoxy groups -OCH3 is 1. The highest BCUT2D eigenvalue weighted by molar-refractivity contribution is 7.17. The molecule has 37 heavy (non-hydrogen) atoms. The molecule has 0 bridgehead atoms. The molecule has 4 rings (SSSR count). The van der Waals surface area contributed by atoms with Crippen LogP contribution in [0.3, 0.4) is 0 Å². The number of aryl methyl sites for hydroxylation is 3. The van der Waals surface area contributed by atoms with E-state index in [2.05, 4.69) is 4.98 Å². The van der Waals surface area contributed by atoms with Crippen LogP contribution in [0.5, 0.6) is 5.75 Å². The van der Waals surface area contributed by atoms with Crippen LogP contribution in [0, 0.1) is 20.8 Å². The monoisotopic (exact) mass is 520 g/mol. The fourth-order valence-corrected chi connectivity index (χ4v) is 5.23. The van der Waals surface area contributed by atoms with E-state index < -0.39 is 23.7 Å². The average Bonchev–Trinajstić information content (AvgIpc) is 3.40. The topological polar surface area (TPSA) is 106 Å². The van der Waals surface area contributed by atoms with Gasteiger partial charge in [-0.2, -0.15) is 0 Å². The molecule has 0 radical (unpaired) electrons. The Bertz CT molecular complexity index is 1410. The van der Waals surface area contributed by atoms with Gasteiger partial charge in [-0.25, -0.2) is 9.78 Å². The number of carbonyl (C=O) groups excluding carboxylic acids is 3. The molecule has 192 valence electrons. The van der Waals surface area contributed by atoms with Crippen molar-refractivity contribution >= 4 is 39.9 Å². The van der Waals surface area contributed by atoms with Crippen molar-refractivity contribution in [2.24, 2.45) is 0 Å². The van der Waals surface area contributed by atoms with E-state index >= 15 is 0 Å². The SMILES string of the molecule is CCCOc1ccc(C2C(=C(O)c3cc(C)ccc3C)C(=O)C(=O)N2c2nc(C)c(C(=O)OC)s2)cc1. The van der Waals surface area contributed by atoms with Gasteiger partial charge in [-0.1, -0.05) is 48.1 Å². The number of hydrogen-bond acceptors (Lipinski definition) is 8. The van der Waals surface area contributed by atoms with Gasteiger partial charge in [0, 0.05) is 5.56 Å². The predicted molar refractivity (Wildman–Crippen MR) is 141 cm³/mol. The van der Waals surface area contributed by atoms with Gasteiger partial charge in [0.1, 0.15) is 16.4 Å².